The van der Waals surface area contributed by atoms with E-state index in [2.05, 4.69) is 4.90 Å². The molecule has 1 heterocycles. The molecular weight excluding hydrogens is 178 g/mol. The van der Waals surface area contributed by atoms with Crippen LogP contribution < -0.4 is 0 Å². The zero-order valence-electron chi connectivity index (χ0n) is 8.82. The third kappa shape index (κ3) is 2.69. The molecule has 0 aromatic rings. The van der Waals surface area contributed by atoms with Crippen molar-refractivity contribution in [2.24, 2.45) is 5.92 Å². The molecule has 2 aliphatic rings. The largest absolute Gasteiger partial charge is 0.393 e. The topological polar surface area (TPSA) is 32.7 Å². The van der Waals surface area contributed by atoms with Gasteiger partial charge in [-0.3, -0.25) is 4.90 Å². The van der Waals surface area contributed by atoms with Gasteiger partial charge < -0.3 is 9.84 Å². The van der Waals surface area contributed by atoms with Crippen molar-refractivity contribution in [1.29, 1.82) is 0 Å². The van der Waals surface area contributed by atoms with Crippen LogP contribution in [-0.2, 0) is 4.74 Å². The first-order chi connectivity index (χ1) is 6.86. The van der Waals surface area contributed by atoms with E-state index in [4.69, 9.17) is 4.74 Å². The van der Waals surface area contributed by atoms with Gasteiger partial charge in [-0.15, -0.1) is 0 Å². The van der Waals surface area contributed by atoms with Gasteiger partial charge in [-0.2, -0.15) is 0 Å². The van der Waals surface area contributed by atoms with E-state index in [1.54, 1.807) is 0 Å². The van der Waals surface area contributed by atoms with E-state index in [9.17, 15) is 5.11 Å². The van der Waals surface area contributed by atoms with Crippen molar-refractivity contribution in [2.75, 3.05) is 32.8 Å². The molecule has 0 radical (unpaired) electrons. The van der Waals surface area contributed by atoms with Gasteiger partial charge in [0.2, 0.25) is 0 Å². The molecule has 14 heavy (non-hydrogen) atoms. The summed E-state index contributed by atoms with van der Waals surface area (Å²) in [6, 6.07) is 0. The molecule has 3 nitrogen and oxygen atoms in total. The molecule has 1 aliphatic carbocycles. The summed E-state index contributed by atoms with van der Waals surface area (Å²) in [6.07, 6.45) is 4.67. The van der Waals surface area contributed by atoms with Gasteiger partial charge in [0, 0.05) is 19.6 Å². The average molecular weight is 199 g/mol. The number of hydrogen-bond acceptors (Lipinski definition) is 3. The van der Waals surface area contributed by atoms with Crippen LogP contribution in [0, 0.1) is 5.92 Å². The van der Waals surface area contributed by atoms with Crippen LogP contribution in [-0.4, -0.2) is 49.0 Å². The van der Waals surface area contributed by atoms with Crippen LogP contribution in [0.25, 0.3) is 0 Å². The summed E-state index contributed by atoms with van der Waals surface area (Å²) in [6.45, 7) is 4.89. The summed E-state index contributed by atoms with van der Waals surface area (Å²) in [5, 5.41) is 9.84. The van der Waals surface area contributed by atoms with Gasteiger partial charge in [-0.25, -0.2) is 0 Å². The summed E-state index contributed by atoms with van der Waals surface area (Å²) >= 11 is 0. The molecule has 2 atom stereocenters. The van der Waals surface area contributed by atoms with E-state index >= 15 is 0 Å². The highest BCUT2D eigenvalue weighted by Crippen LogP contribution is 2.25. The molecule has 0 bridgehead atoms. The van der Waals surface area contributed by atoms with Crippen molar-refractivity contribution < 1.29 is 9.84 Å². The van der Waals surface area contributed by atoms with E-state index < -0.39 is 0 Å². The fourth-order valence-corrected chi connectivity index (χ4v) is 2.52. The van der Waals surface area contributed by atoms with Crippen LogP contribution in [0.2, 0.25) is 0 Å². The molecule has 3 heteroatoms. The maximum Gasteiger partial charge on any atom is 0.0594 e. The van der Waals surface area contributed by atoms with Crippen LogP contribution in [0.15, 0.2) is 0 Å². The minimum atomic E-state index is -0.0494. The summed E-state index contributed by atoms with van der Waals surface area (Å²) in [5.41, 5.74) is 0. The van der Waals surface area contributed by atoms with Crippen molar-refractivity contribution in [1.82, 2.24) is 4.90 Å². The van der Waals surface area contributed by atoms with Crippen molar-refractivity contribution >= 4 is 0 Å². The number of aliphatic hydroxyl groups excluding tert-OH is 1. The Kier molecular flexibility index (Phi) is 3.79. The van der Waals surface area contributed by atoms with E-state index in [0.717, 1.165) is 39.3 Å². The molecule has 2 fully saturated rings. The van der Waals surface area contributed by atoms with Gasteiger partial charge in [-0.1, -0.05) is 12.8 Å². The molecule has 1 saturated carbocycles. The van der Waals surface area contributed by atoms with Gasteiger partial charge in [-0.05, 0) is 18.8 Å². The lowest BCUT2D eigenvalue weighted by Crippen LogP contribution is -2.42. The highest BCUT2D eigenvalue weighted by atomic mass is 16.5. The molecule has 0 aromatic carbocycles. The molecule has 1 N–H and O–H groups in total. The zero-order valence-corrected chi connectivity index (χ0v) is 8.82. The van der Waals surface area contributed by atoms with Crippen LogP contribution >= 0.6 is 0 Å². The lowest BCUT2D eigenvalue weighted by Gasteiger charge is -2.34. The molecule has 0 spiro atoms. The van der Waals surface area contributed by atoms with E-state index in [0.29, 0.717) is 5.92 Å². The van der Waals surface area contributed by atoms with E-state index in [1.807, 2.05) is 0 Å². The Morgan fingerprint density at radius 1 is 1.14 bits per heavy atom. The fourth-order valence-electron chi connectivity index (χ4n) is 2.52. The van der Waals surface area contributed by atoms with Crippen LogP contribution in [0.3, 0.4) is 0 Å². The summed E-state index contributed by atoms with van der Waals surface area (Å²) < 4.78 is 5.31. The molecule has 82 valence electrons. The number of morpholine rings is 1. The quantitative estimate of drug-likeness (QED) is 0.716. The number of nitrogens with zero attached hydrogens (tertiary/aromatic N) is 1. The summed E-state index contributed by atoms with van der Waals surface area (Å²) in [7, 11) is 0. The predicted molar refractivity (Wildman–Crippen MR) is 55.2 cm³/mol. The maximum absolute atomic E-state index is 9.84. The second kappa shape index (κ2) is 5.10. The average Bonchev–Trinajstić information content (AvgIpc) is 2.23. The standard InChI is InChI=1S/C11H21NO2/c13-11-4-2-1-3-10(11)9-12-5-7-14-8-6-12/h10-11,13H,1-9H2/t10-,11+/m1/s1. The van der Waals surface area contributed by atoms with Crippen molar-refractivity contribution in [2.45, 2.75) is 31.8 Å². The van der Waals surface area contributed by atoms with Gasteiger partial charge in [0.1, 0.15) is 0 Å². The summed E-state index contributed by atoms with van der Waals surface area (Å²) in [4.78, 5) is 2.43. The zero-order chi connectivity index (χ0) is 9.80. The number of ether oxygens (including phenoxy) is 1. The Morgan fingerprint density at radius 2 is 1.86 bits per heavy atom. The second-order valence-corrected chi connectivity index (χ2v) is 4.52. The Morgan fingerprint density at radius 3 is 2.57 bits per heavy atom. The second-order valence-electron chi connectivity index (χ2n) is 4.52. The van der Waals surface area contributed by atoms with E-state index in [1.165, 1.54) is 19.3 Å². The molecule has 1 saturated heterocycles. The summed E-state index contributed by atoms with van der Waals surface area (Å²) in [5.74, 6) is 0.516. The Hall–Kier alpha value is -0.120. The fraction of sp³-hybridized carbons (Fsp3) is 1.00. The highest BCUT2D eigenvalue weighted by molar-refractivity contribution is 4.78. The normalized spacial score (nSPS) is 35.8. The number of aliphatic hydroxyl groups is 1. The SMILES string of the molecule is O[C@H]1CCCC[C@@H]1CN1CCOCC1. The number of hydrogen-bond donors (Lipinski definition) is 1. The first kappa shape index (κ1) is 10.4. The van der Waals surface area contributed by atoms with Gasteiger partial charge in [0.25, 0.3) is 0 Å². The highest BCUT2D eigenvalue weighted by Gasteiger charge is 2.25. The lowest BCUT2D eigenvalue weighted by molar-refractivity contribution is 0.00118. The third-order valence-electron chi connectivity index (χ3n) is 3.47. The van der Waals surface area contributed by atoms with Crippen LogP contribution in [0.5, 0.6) is 0 Å². The van der Waals surface area contributed by atoms with Gasteiger partial charge >= 0.3 is 0 Å². The minimum Gasteiger partial charge on any atom is -0.393 e. The minimum absolute atomic E-state index is 0.0494. The van der Waals surface area contributed by atoms with Crippen molar-refractivity contribution in [3.05, 3.63) is 0 Å². The van der Waals surface area contributed by atoms with Crippen LogP contribution in [0.4, 0.5) is 0 Å². The van der Waals surface area contributed by atoms with E-state index in [-0.39, 0.29) is 6.10 Å². The Balaban J connectivity index is 1.76. The first-order valence-electron chi connectivity index (χ1n) is 5.84. The van der Waals surface area contributed by atoms with Crippen molar-refractivity contribution in [3.63, 3.8) is 0 Å². The molecule has 2 rings (SSSR count). The molecule has 0 aromatic heterocycles. The maximum atomic E-state index is 9.84. The molecular formula is C11H21NO2. The Labute approximate surface area is 86.0 Å². The van der Waals surface area contributed by atoms with Gasteiger partial charge in [0.15, 0.2) is 0 Å². The monoisotopic (exact) mass is 199 g/mol. The van der Waals surface area contributed by atoms with Crippen molar-refractivity contribution in [3.8, 4) is 0 Å². The lowest BCUT2D eigenvalue weighted by atomic mass is 9.86. The molecule has 0 amide bonds. The molecule has 0 unspecified atom stereocenters. The predicted octanol–water partition coefficient (Wildman–Crippen LogP) is 0.870. The van der Waals surface area contributed by atoms with Crippen LogP contribution in [0.1, 0.15) is 25.7 Å². The van der Waals surface area contributed by atoms with Gasteiger partial charge in [0.05, 0.1) is 19.3 Å². The third-order valence-corrected chi connectivity index (χ3v) is 3.47. The first-order valence-corrected chi connectivity index (χ1v) is 5.84. The molecule has 1 aliphatic heterocycles. The Bertz CT molecular complexity index is 169. The smallest absolute Gasteiger partial charge is 0.0594 e. The number of rotatable bonds is 2.